The van der Waals surface area contributed by atoms with E-state index in [1.165, 1.54) is 12.1 Å². The highest BCUT2D eigenvalue weighted by atomic mass is 35.5. The number of hydrogen-bond donors (Lipinski definition) is 2. The molecule has 0 atom stereocenters. The zero-order valence-electron chi connectivity index (χ0n) is 12.6. The maximum Gasteiger partial charge on any atom is 0.253 e. The van der Waals surface area contributed by atoms with Gasteiger partial charge in [0.2, 0.25) is 5.91 Å². The molecule has 7 heteroatoms. The van der Waals surface area contributed by atoms with E-state index in [1.54, 1.807) is 12.1 Å². The third-order valence-electron chi connectivity index (χ3n) is 3.21. The second kappa shape index (κ2) is 8.92. The smallest absolute Gasteiger partial charge is 0.253 e. The molecule has 0 unspecified atom stereocenters. The second-order valence-electron chi connectivity index (χ2n) is 5.04. The summed E-state index contributed by atoms with van der Waals surface area (Å²) < 4.78 is 0. The lowest BCUT2D eigenvalue weighted by Gasteiger charge is -2.08. The van der Waals surface area contributed by atoms with Crippen LogP contribution in [0, 0.1) is 0 Å². The van der Waals surface area contributed by atoms with Gasteiger partial charge < -0.3 is 10.6 Å². The monoisotopic (exact) mass is 384 g/mol. The van der Waals surface area contributed by atoms with Gasteiger partial charge in [-0.3, -0.25) is 9.59 Å². The van der Waals surface area contributed by atoms with Gasteiger partial charge in [-0.1, -0.05) is 46.9 Å². The van der Waals surface area contributed by atoms with E-state index in [0.29, 0.717) is 23.0 Å². The Hall–Kier alpha value is -1.75. The molecule has 2 aromatic carbocycles. The molecule has 0 aliphatic heterocycles. The highest BCUT2D eigenvalue weighted by Crippen LogP contribution is 2.20. The summed E-state index contributed by atoms with van der Waals surface area (Å²) in [6.07, 6.45) is 0.656. The van der Waals surface area contributed by atoms with Gasteiger partial charge in [-0.25, -0.2) is 0 Å². The molecule has 0 spiro atoms. The van der Waals surface area contributed by atoms with Crippen molar-refractivity contribution in [2.75, 3.05) is 13.1 Å². The van der Waals surface area contributed by atoms with E-state index in [0.717, 1.165) is 5.56 Å². The van der Waals surface area contributed by atoms with Crippen molar-refractivity contribution in [3.05, 3.63) is 68.7 Å². The molecular formula is C17H15Cl3N2O2. The van der Waals surface area contributed by atoms with Crippen LogP contribution in [0.15, 0.2) is 42.5 Å². The summed E-state index contributed by atoms with van der Waals surface area (Å²) in [7, 11) is 0. The number of benzene rings is 2. The number of carbonyl (C=O) groups excluding carboxylic acids is 2. The fraction of sp³-hybridized carbons (Fsp3) is 0.176. The molecule has 0 aliphatic carbocycles. The summed E-state index contributed by atoms with van der Waals surface area (Å²) in [5, 5.41) is 6.58. The summed E-state index contributed by atoms with van der Waals surface area (Å²) in [5.41, 5.74) is 1.30. The Morgan fingerprint density at radius 2 is 1.67 bits per heavy atom. The van der Waals surface area contributed by atoms with Gasteiger partial charge in [0.15, 0.2) is 0 Å². The average Bonchev–Trinajstić information content (AvgIpc) is 2.53. The number of amides is 2. The standard InChI is InChI=1S/C17H15Cl3N2O2/c18-12-3-1-2-11(8-12)6-7-21-16(23)10-22-17(24)14-5-4-13(19)9-15(14)20/h1-5,8-9H,6-7,10H2,(H,21,23)(H,22,24). The van der Waals surface area contributed by atoms with Crippen molar-refractivity contribution in [3.8, 4) is 0 Å². The quantitative estimate of drug-likeness (QED) is 0.796. The third-order valence-corrected chi connectivity index (χ3v) is 3.99. The molecule has 0 aliphatic rings. The molecule has 126 valence electrons. The van der Waals surface area contributed by atoms with Gasteiger partial charge in [-0.2, -0.15) is 0 Å². The Kier molecular flexibility index (Phi) is 6.91. The van der Waals surface area contributed by atoms with E-state index in [-0.39, 0.29) is 23.0 Å². The highest BCUT2D eigenvalue weighted by molar-refractivity contribution is 6.36. The van der Waals surface area contributed by atoms with Crippen molar-refractivity contribution >= 4 is 46.6 Å². The summed E-state index contributed by atoms with van der Waals surface area (Å²) in [4.78, 5) is 23.7. The first-order valence-corrected chi connectivity index (χ1v) is 8.33. The van der Waals surface area contributed by atoms with Crippen LogP contribution in [0.5, 0.6) is 0 Å². The Balaban J connectivity index is 1.75. The van der Waals surface area contributed by atoms with Crippen LogP contribution in [0.3, 0.4) is 0 Å². The molecule has 2 rings (SSSR count). The van der Waals surface area contributed by atoms with Gasteiger partial charge in [0.05, 0.1) is 17.1 Å². The van der Waals surface area contributed by atoms with Crippen LogP contribution in [-0.4, -0.2) is 24.9 Å². The van der Waals surface area contributed by atoms with E-state index in [4.69, 9.17) is 34.8 Å². The molecule has 0 fully saturated rings. The molecular weight excluding hydrogens is 371 g/mol. The first-order valence-electron chi connectivity index (χ1n) is 7.20. The minimum Gasteiger partial charge on any atom is -0.354 e. The van der Waals surface area contributed by atoms with Crippen LogP contribution in [0.4, 0.5) is 0 Å². The second-order valence-corrected chi connectivity index (χ2v) is 6.32. The molecule has 4 nitrogen and oxygen atoms in total. The van der Waals surface area contributed by atoms with Crippen molar-refractivity contribution in [1.29, 1.82) is 0 Å². The van der Waals surface area contributed by atoms with E-state index in [1.807, 2.05) is 18.2 Å². The van der Waals surface area contributed by atoms with Gasteiger partial charge in [-0.05, 0) is 42.3 Å². The predicted molar refractivity (Wildman–Crippen MR) is 97.0 cm³/mol. The third kappa shape index (κ3) is 5.71. The van der Waals surface area contributed by atoms with E-state index in [2.05, 4.69) is 10.6 Å². The minimum atomic E-state index is -0.429. The zero-order valence-corrected chi connectivity index (χ0v) is 14.9. The Labute approximate surface area is 155 Å². The van der Waals surface area contributed by atoms with Gasteiger partial charge in [-0.15, -0.1) is 0 Å². The molecule has 0 heterocycles. The molecule has 0 saturated heterocycles. The SMILES string of the molecule is O=C(CNC(=O)c1ccc(Cl)cc1Cl)NCCc1cccc(Cl)c1. The summed E-state index contributed by atoms with van der Waals surface area (Å²) >= 11 is 17.6. The first-order chi connectivity index (χ1) is 11.5. The Morgan fingerprint density at radius 1 is 0.917 bits per heavy atom. The van der Waals surface area contributed by atoms with Crippen LogP contribution in [0.1, 0.15) is 15.9 Å². The normalized spacial score (nSPS) is 10.3. The fourth-order valence-corrected chi connectivity index (χ4v) is 2.74. The minimum absolute atomic E-state index is 0.132. The molecule has 2 amide bonds. The van der Waals surface area contributed by atoms with Crippen molar-refractivity contribution in [3.63, 3.8) is 0 Å². The Morgan fingerprint density at radius 3 is 2.38 bits per heavy atom. The topological polar surface area (TPSA) is 58.2 Å². The lowest BCUT2D eigenvalue weighted by Crippen LogP contribution is -2.37. The van der Waals surface area contributed by atoms with E-state index >= 15 is 0 Å². The van der Waals surface area contributed by atoms with Gasteiger partial charge in [0.25, 0.3) is 5.91 Å². The summed E-state index contributed by atoms with van der Waals surface area (Å²) in [5.74, 6) is -0.711. The largest absolute Gasteiger partial charge is 0.354 e. The van der Waals surface area contributed by atoms with Gasteiger partial charge >= 0.3 is 0 Å². The lowest BCUT2D eigenvalue weighted by molar-refractivity contribution is -0.120. The van der Waals surface area contributed by atoms with Crippen molar-refractivity contribution < 1.29 is 9.59 Å². The van der Waals surface area contributed by atoms with E-state index < -0.39 is 5.91 Å². The first kappa shape index (κ1) is 18.6. The predicted octanol–water partition coefficient (Wildman–Crippen LogP) is 3.74. The lowest BCUT2D eigenvalue weighted by atomic mass is 10.1. The maximum absolute atomic E-state index is 12.0. The molecule has 0 bridgehead atoms. The molecule has 0 saturated carbocycles. The highest BCUT2D eigenvalue weighted by Gasteiger charge is 2.11. The maximum atomic E-state index is 12.0. The zero-order chi connectivity index (χ0) is 17.5. The molecule has 24 heavy (non-hydrogen) atoms. The number of nitrogens with one attached hydrogen (secondary N) is 2. The van der Waals surface area contributed by atoms with Crippen LogP contribution in [0.25, 0.3) is 0 Å². The van der Waals surface area contributed by atoms with Gasteiger partial charge in [0.1, 0.15) is 0 Å². The summed E-state index contributed by atoms with van der Waals surface area (Å²) in [6, 6.07) is 12.0. The molecule has 0 radical (unpaired) electrons. The molecule has 2 aromatic rings. The van der Waals surface area contributed by atoms with Crippen molar-refractivity contribution in [2.24, 2.45) is 0 Å². The number of rotatable bonds is 6. The van der Waals surface area contributed by atoms with Crippen LogP contribution >= 0.6 is 34.8 Å². The number of halogens is 3. The van der Waals surface area contributed by atoms with Crippen molar-refractivity contribution in [2.45, 2.75) is 6.42 Å². The van der Waals surface area contributed by atoms with Crippen molar-refractivity contribution in [1.82, 2.24) is 10.6 Å². The van der Waals surface area contributed by atoms with E-state index in [9.17, 15) is 9.59 Å². The van der Waals surface area contributed by atoms with Crippen LogP contribution in [-0.2, 0) is 11.2 Å². The molecule has 0 aromatic heterocycles. The van der Waals surface area contributed by atoms with Crippen LogP contribution in [0.2, 0.25) is 15.1 Å². The number of hydrogen-bond acceptors (Lipinski definition) is 2. The molecule has 2 N–H and O–H groups in total. The van der Waals surface area contributed by atoms with Gasteiger partial charge in [0, 0.05) is 16.6 Å². The van der Waals surface area contributed by atoms with Crippen LogP contribution < -0.4 is 10.6 Å². The summed E-state index contributed by atoms with van der Waals surface area (Å²) in [6.45, 7) is 0.323. The Bertz CT molecular complexity index is 750. The average molecular weight is 386 g/mol. The fourth-order valence-electron chi connectivity index (χ4n) is 2.03. The number of carbonyl (C=O) groups is 2.